The van der Waals surface area contributed by atoms with Crippen LogP contribution in [0.25, 0.3) is 0 Å². The summed E-state index contributed by atoms with van der Waals surface area (Å²) in [5.74, 6) is 0.285. The molecule has 1 heterocycles. The van der Waals surface area contributed by atoms with Gasteiger partial charge in [0.25, 0.3) is 5.69 Å². The minimum atomic E-state index is -0.439. The molecule has 2 aromatic rings. The Balaban J connectivity index is 1.91. The standard InChI is InChI=1S/C16H18N4O3/c1-11-6-7-14(18-10-11)19-15(21)8-9-17-16-12(2)4-3-5-13(16)20(22)23/h3-7,10,17H,8-9H2,1-2H3,(H,18,19,21). The molecule has 1 amide bonds. The first-order valence-electron chi connectivity index (χ1n) is 7.18. The highest BCUT2D eigenvalue weighted by atomic mass is 16.6. The van der Waals surface area contributed by atoms with E-state index in [0.717, 1.165) is 11.1 Å². The van der Waals surface area contributed by atoms with Crippen LogP contribution in [0, 0.1) is 24.0 Å². The highest BCUT2D eigenvalue weighted by Gasteiger charge is 2.15. The van der Waals surface area contributed by atoms with E-state index in [0.29, 0.717) is 18.1 Å². The predicted molar refractivity (Wildman–Crippen MR) is 88.5 cm³/mol. The van der Waals surface area contributed by atoms with Crippen molar-refractivity contribution in [3.63, 3.8) is 0 Å². The molecule has 1 aromatic heterocycles. The summed E-state index contributed by atoms with van der Waals surface area (Å²) in [5, 5.41) is 16.7. The summed E-state index contributed by atoms with van der Waals surface area (Å²) < 4.78 is 0. The van der Waals surface area contributed by atoms with Gasteiger partial charge in [0.1, 0.15) is 11.5 Å². The number of nitro groups is 1. The van der Waals surface area contributed by atoms with Gasteiger partial charge in [-0.15, -0.1) is 0 Å². The van der Waals surface area contributed by atoms with Crippen molar-refractivity contribution in [1.29, 1.82) is 0 Å². The Labute approximate surface area is 133 Å². The van der Waals surface area contributed by atoms with E-state index in [1.165, 1.54) is 6.07 Å². The number of nitrogens with zero attached hydrogens (tertiary/aromatic N) is 2. The highest BCUT2D eigenvalue weighted by molar-refractivity contribution is 5.90. The van der Waals surface area contributed by atoms with E-state index < -0.39 is 4.92 Å². The molecule has 0 radical (unpaired) electrons. The van der Waals surface area contributed by atoms with Crippen LogP contribution in [0.5, 0.6) is 0 Å². The molecular formula is C16H18N4O3. The van der Waals surface area contributed by atoms with Crippen LogP contribution in [-0.4, -0.2) is 22.4 Å². The van der Waals surface area contributed by atoms with E-state index in [9.17, 15) is 14.9 Å². The van der Waals surface area contributed by atoms with Crippen molar-refractivity contribution in [2.75, 3.05) is 17.2 Å². The third kappa shape index (κ3) is 4.50. The number of amides is 1. The topological polar surface area (TPSA) is 97.2 Å². The summed E-state index contributed by atoms with van der Waals surface area (Å²) in [6.45, 7) is 3.99. The lowest BCUT2D eigenvalue weighted by Crippen LogP contribution is -2.17. The van der Waals surface area contributed by atoms with Gasteiger partial charge in [0.15, 0.2) is 0 Å². The molecule has 0 atom stereocenters. The molecule has 2 rings (SSSR count). The quantitative estimate of drug-likeness (QED) is 0.631. The van der Waals surface area contributed by atoms with Crippen molar-refractivity contribution in [1.82, 2.24) is 4.98 Å². The van der Waals surface area contributed by atoms with Crippen LogP contribution < -0.4 is 10.6 Å². The normalized spacial score (nSPS) is 10.2. The number of rotatable bonds is 6. The summed E-state index contributed by atoms with van der Waals surface area (Å²) in [4.78, 5) is 26.5. The smallest absolute Gasteiger partial charge is 0.292 e. The first-order chi connectivity index (χ1) is 11.0. The summed E-state index contributed by atoms with van der Waals surface area (Å²) in [7, 11) is 0. The molecule has 7 heteroatoms. The molecule has 0 bridgehead atoms. The van der Waals surface area contributed by atoms with Crippen molar-refractivity contribution in [2.45, 2.75) is 20.3 Å². The highest BCUT2D eigenvalue weighted by Crippen LogP contribution is 2.27. The number of nitro benzene ring substituents is 1. The van der Waals surface area contributed by atoms with Gasteiger partial charge in [0.2, 0.25) is 5.91 Å². The van der Waals surface area contributed by atoms with Gasteiger partial charge < -0.3 is 10.6 Å². The molecule has 1 aromatic carbocycles. The summed E-state index contributed by atoms with van der Waals surface area (Å²) in [6, 6.07) is 8.44. The van der Waals surface area contributed by atoms with Crippen molar-refractivity contribution in [2.24, 2.45) is 0 Å². The second-order valence-corrected chi connectivity index (χ2v) is 5.17. The van der Waals surface area contributed by atoms with Crippen molar-refractivity contribution < 1.29 is 9.72 Å². The van der Waals surface area contributed by atoms with Crippen LogP contribution in [0.4, 0.5) is 17.2 Å². The Morgan fingerprint density at radius 3 is 2.70 bits per heavy atom. The fourth-order valence-corrected chi connectivity index (χ4v) is 2.08. The zero-order chi connectivity index (χ0) is 16.8. The van der Waals surface area contributed by atoms with E-state index in [2.05, 4.69) is 15.6 Å². The number of carbonyl (C=O) groups is 1. The van der Waals surface area contributed by atoms with Crippen LogP contribution in [0.15, 0.2) is 36.5 Å². The number of nitrogens with one attached hydrogen (secondary N) is 2. The minimum Gasteiger partial charge on any atom is -0.379 e. The number of para-hydroxylation sites is 1. The van der Waals surface area contributed by atoms with E-state index in [-0.39, 0.29) is 18.0 Å². The van der Waals surface area contributed by atoms with Crippen molar-refractivity contribution >= 4 is 23.1 Å². The Bertz CT molecular complexity index is 714. The van der Waals surface area contributed by atoms with E-state index >= 15 is 0 Å². The lowest BCUT2D eigenvalue weighted by Gasteiger charge is -2.10. The summed E-state index contributed by atoms with van der Waals surface area (Å²) in [5.41, 5.74) is 2.22. The van der Waals surface area contributed by atoms with Gasteiger partial charge in [-0.3, -0.25) is 14.9 Å². The Kier molecular flexibility index (Phi) is 5.24. The van der Waals surface area contributed by atoms with Gasteiger partial charge in [-0.1, -0.05) is 18.2 Å². The number of hydrogen-bond donors (Lipinski definition) is 2. The molecule has 0 aliphatic heterocycles. The Morgan fingerprint density at radius 2 is 2.04 bits per heavy atom. The van der Waals surface area contributed by atoms with E-state index in [1.807, 2.05) is 13.0 Å². The van der Waals surface area contributed by atoms with Gasteiger partial charge in [0.05, 0.1) is 4.92 Å². The second kappa shape index (κ2) is 7.35. The van der Waals surface area contributed by atoms with Gasteiger partial charge >= 0.3 is 0 Å². The second-order valence-electron chi connectivity index (χ2n) is 5.17. The van der Waals surface area contributed by atoms with Crippen LogP contribution in [-0.2, 0) is 4.79 Å². The third-order valence-corrected chi connectivity index (χ3v) is 3.28. The summed E-state index contributed by atoms with van der Waals surface area (Å²) in [6.07, 6.45) is 1.85. The molecule has 120 valence electrons. The van der Waals surface area contributed by atoms with Gasteiger partial charge in [-0.25, -0.2) is 4.98 Å². The van der Waals surface area contributed by atoms with Crippen molar-refractivity contribution in [3.05, 3.63) is 57.8 Å². The molecule has 0 aliphatic rings. The molecule has 7 nitrogen and oxygen atoms in total. The lowest BCUT2D eigenvalue weighted by atomic mass is 10.1. The molecule has 0 saturated heterocycles. The third-order valence-electron chi connectivity index (χ3n) is 3.28. The average molecular weight is 314 g/mol. The fourth-order valence-electron chi connectivity index (χ4n) is 2.08. The maximum Gasteiger partial charge on any atom is 0.292 e. The number of carbonyl (C=O) groups excluding carboxylic acids is 1. The number of benzene rings is 1. The van der Waals surface area contributed by atoms with Crippen molar-refractivity contribution in [3.8, 4) is 0 Å². The molecule has 2 N–H and O–H groups in total. The average Bonchev–Trinajstić information content (AvgIpc) is 2.51. The van der Waals surface area contributed by atoms with Crippen LogP contribution >= 0.6 is 0 Å². The molecular weight excluding hydrogens is 296 g/mol. The fraction of sp³-hybridized carbons (Fsp3) is 0.250. The molecule has 0 aliphatic carbocycles. The zero-order valence-corrected chi connectivity index (χ0v) is 13.0. The largest absolute Gasteiger partial charge is 0.379 e. The number of hydrogen-bond acceptors (Lipinski definition) is 5. The molecule has 0 spiro atoms. The summed E-state index contributed by atoms with van der Waals surface area (Å²) >= 11 is 0. The first kappa shape index (κ1) is 16.4. The maximum absolute atomic E-state index is 11.9. The van der Waals surface area contributed by atoms with Crippen LogP contribution in [0.1, 0.15) is 17.5 Å². The van der Waals surface area contributed by atoms with Crippen LogP contribution in [0.2, 0.25) is 0 Å². The van der Waals surface area contributed by atoms with Gasteiger partial charge in [-0.05, 0) is 31.0 Å². The SMILES string of the molecule is Cc1ccc(NC(=O)CCNc2c(C)cccc2[N+](=O)[O-])nc1. The molecule has 23 heavy (non-hydrogen) atoms. The number of aromatic nitrogens is 1. The van der Waals surface area contributed by atoms with E-state index in [4.69, 9.17) is 0 Å². The Hall–Kier alpha value is -2.96. The molecule has 0 fully saturated rings. The number of pyridine rings is 1. The monoisotopic (exact) mass is 314 g/mol. The lowest BCUT2D eigenvalue weighted by molar-refractivity contribution is -0.384. The number of aryl methyl sites for hydroxylation is 2. The molecule has 0 saturated carbocycles. The van der Waals surface area contributed by atoms with Gasteiger partial charge in [0, 0.05) is 25.2 Å². The minimum absolute atomic E-state index is 0.00519. The number of anilines is 2. The predicted octanol–water partition coefficient (Wildman–Crippen LogP) is 3.05. The van der Waals surface area contributed by atoms with Gasteiger partial charge in [-0.2, -0.15) is 0 Å². The molecule has 0 unspecified atom stereocenters. The maximum atomic E-state index is 11.9. The zero-order valence-electron chi connectivity index (χ0n) is 13.0. The first-order valence-corrected chi connectivity index (χ1v) is 7.18. The van der Waals surface area contributed by atoms with Crippen LogP contribution in [0.3, 0.4) is 0 Å². The Morgan fingerprint density at radius 1 is 1.26 bits per heavy atom. The van der Waals surface area contributed by atoms with E-state index in [1.54, 1.807) is 31.3 Å².